The maximum atomic E-state index is 5.10. The molecule has 0 aliphatic rings. The Morgan fingerprint density at radius 2 is 2.47 bits per heavy atom. The molecule has 0 saturated heterocycles. The second kappa shape index (κ2) is 5.04. The summed E-state index contributed by atoms with van der Waals surface area (Å²) in [5.74, 6) is 1.41. The van der Waals surface area contributed by atoms with Crippen LogP contribution in [0.1, 0.15) is 23.5 Å². The monoisotopic (exact) mass is 223 g/mol. The van der Waals surface area contributed by atoms with Crippen molar-refractivity contribution in [2.24, 2.45) is 0 Å². The van der Waals surface area contributed by atoms with Gasteiger partial charge in [-0.15, -0.1) is 11.3 Å². The molecule has 0 unspecified atom stereocenters. The van der Waals surface area contributed by atoms with Crippen LogP contribution in [0.3, 0.4) is 0 Å². The average molecular weight is 223 g/mol. The van der Waals surface area contributed by atoms with Crippen LogP contribution >= 0.6 is 11.3 Å². The van der Waals surface area contributed by atoms with Crippen molar-refractivity contribution >= 4 is 11.3 Å². The minimum absolute atomic E-state index is 0.647. The van der Waals surface area contributed by atoms with E-state index in [1.807, 2.05) is 13.0 Å². The van der Waals surface area contributed by atoms with E-state index < -0.39 is 0 Å². The molecule has 0 aliphatic carbocycles. The van der Waals surface area contributed by atoms with Gasteiger partial charge in [0.25, 0.3) is 0 Å². The lowest BCUT2D eigenvalue weighted by molar-refractivity contribution is 0.365. The molecule has 15 heavy (non-hydrogen) atoms. The Hall–Kier alpha value is -1.20. The van der Waals surface area contributed by atoms with Crippen LogP contribution in [0.2, 0.25) is 0 Å². The molecule has 0 spiro atoms. The maximum Gasteiger partial charge on any atom is 0.240 e. The first-order valence-electron chi connectivity index (χ1n) is 4.93. The summed E-state index contributed by atoms with van der Waals surface area (Å²) in [6.07, 6.45) is 0.757. The van der Waals surface area contributed by atoms with Gasteiger partial charge in [0, 0.05) is 11.3 Å². The normalized spacial score (nSPS) is 10.7. The maximum absolute atomic E-state index is 5.10. The van der Waals surface area contributed by atoms with Crippen molar-refractivity contribution in [2.45, 2.75) is 19.9 Å². The van der Waals surface area contributed by atoms with Crippen molar-refractivity contribution in [3.63, 3.8) is 0 Å². The molecule has 5 heteroatoms. The van der Waals surface area contributed by atoms with Crippen molar-refractivity contribution in [2.75, 3.05) is 6.54 Å². The summed E-state index contributed by atoms with van der Waals surface area (Å²) in [7, 11) is 0. The lowest BCUT2D eigenvalue weighted by Crippen LogP contribution is -2.11. The number of nitrogens with zero attached hydrogens (tertiary/aromatic N) is 2. The van der Waals surface area contributed by atoms with E-state index >= 15 is 0 Å². The highest BCUT2D eigenvalue weighted by atomic mass is 32.1. The highest BCUT2D eigenvalue weighted by Gasteiger charge is 2.06. The van der Waals surface area contributed by atoms with Gasteiger partial charge in [-0.25, -0.2) is 0 Å². The second-order valence-corrected chi connectivity index (χ2v) is 4.17. The van der Waals surface area contributed by atoms with Crippen molar-refractivity contribution in [3.8, 4) is 0 Å². The molecule has 0 bridgehead atoms. The van der Waals surface area contributed by atoms with E-state index in [0.717, 1.165) is 18.8 Å². The van der Waals surface area contributed by atoms with Gasteiger partial charge in [-0.1, -0.05) is 18.1 Å². The molecule has 1 N–H and O–H groups in total. The van der Waals surface area contributed by atoms with E-state index in [-0.39, 0.29) is 0 Å². The van der Waals surface area contributed by atoms with E-state index in [1.165, 1.54) is 4.88 Å². The van der Waals surface area contributed by atoms with E-state index in [2.05, 4.69) is 26.9 Å². The summed E-state index contributed by atoms with van der Waals surface area (Å²) in [6, 6.07) is 4.10. The third-order valence-corrected chi connectivity index (χ3v) is 2.83. The highest BCUT2D eigenvalue weighted by Crippen LogP contribution is 2.12. The first-order chi connectivity index (χ1) is 7.38. The molecule has 2 heterocycles. The number of thiophene rings is 1. The van der Waals surface area contributed by atoms with Crippen LogP contribution in [0.4, 0.5) is 0 Å². The summed E-state index contributed by atoms with van der Waals surface area (Å²) in [4.78, 5) is 5.54. The Labute approximate surface area is 92.3 Å². The van der Waals surface area contributed by atoms with E-state index in [9.17, 15) is 0 Å². The van der Waals surface area contributed by atoms with Crippen molar-refractivity contribution in [3.05, 3.63) is 34.1 Å². The van der Waals surface area contributed by atoms with Gasteiger partial charge in [0.05, 0.1) is 6.54 Å². The fraction of sp³-hybridized carbons (Fsp3) is 0.400. The van der Waals surface area contributed by atoms with E-state index in [0.29, 0.717) is 12.4 Å². The zero-order valence-electron chi connectivity index (χ0n) is 8.56. The Morgan fingerprint density at radius 1 is 1.53 bits per heavy atom. The molecule has 4 nitrogen and oxygen atoms in total. The molecule has 2 aromatic heterocycles. The summed E-state index contributed by atoms with van der Waals surface area (Å²) < 4.78 is 5.10. The average Bonchev–Trinajstić information content (AvgIpc) is 2.87. The first-order valence-corrected chi connectivity index (χ1v) is 5.81. The number of hydrogen-bond acceptors (Lipinski definition) is 5. The first kappa shape index (κ1) is 10.3. The molecular weight excluding hydrogens is 210 g/mol. The van der Waals surface area contributed by atoms with E-state index in [1.54, 1.807) is 11.3 Å². The van der Waals surface area contributed by atoms with Gasteiger partial charge in [0.1, 0.15) is 0 Å². The molecule has 0 fully saturated rings. The van der Waals surface area contributed by atoms with Gasteiger partial charge in [0.15, 0.2) is 5.82 Å². The van der Waals surface area contributed by atoms with Gasteiger partial charge in [-0.3, -0.25) is 0 Å². The third-order valence-electron chi connectivity index (χ3n) is 1.95. The molecule has 0 aromatic carbocycles. The molecule has 0 radical (unpaired) electrons. The highest BCUT2D eigenvalue weighted by molar-refractivity contribution is 7.09. The minimum Gasteiger partial charge on any atom is -0.338 e. The molecule has 2 aromatic rings. The molecular formula is C10H13N3OS. The lowest BCUT2D eigenvalue weighted by atomic mass is 10.3. The van der Waals surface area contributed by atoms with Crippen LogP contribution in [0.15, 0.2) is 22.0 Å². The van der Waals surface area contributed by atoms with Gasteiger partial charge < -0.3 is 9.84 Å². The molecule has 0 saturated carbocycles. The number of rotatable bonds is 5. The van der Waals surface area contributed by atoms with Crippen molar-refractivity contribution in [1.82, 2.24) is 15.5 Å². The predicted molar refractivity (Wildman–Crippen MR) is 58.8 cm³/mol. The minimum atomic E-state index is 0.647. The van der Waals surface area contributed by atoms with Crippen LogP contribution in [0.25, 0.3) is 0 Å². The topological polar surface area (TPSA) is 51.0 Å². The molecule has 0 atom stereocenters. The Bertz CT molecular complexity index is 396. The molecule has 80 valence electrons. The van der Waals surface area contributed by atoms with Crippen molar-refractivity contribution < 1.29 is 4.52 Å². The summed E-state index contributed by atoms with van der Waals surface area (Å²) in [5.41, 5.74) is 0. The van der Waals surface area contributed by atoms with Gasteiger partial charge in [0.2, 0.25) is 5.89 Å². The Balaban J connectivity index is 1.95. The zero-order valence-corrected chi connectivity index (χ0v) is 9.38. The molecule has 2 rings (SSSR count). The fourth-order valence-corrected chi connectivity index (χ4v) is 1.94. The van der Waals surface area contributed by atoms with Gasteiger partial charge in [-0.05, 0) is 18.0 Å². The Kier molecular flexibility index (Phi) is 3.47. The quantitative estimate of drug-likeness (QED) is 0.840. The SMILES string of the molecule is CCNCc1nc(Cc2cccs2)no1. The zero-order chi connectivity index (χ0) is 10.5. The van der Waals surface area contributed by atoms with Crippen LogP contribution in [0.5, 0.6) is 0 Å². The van der Waals surface area contributed by atoms with Gasteiger partial charge in [-0.2, -0.15) is 4.98 Å². The van der Waals surface area contributed by atoms with Crippen molar-refractivity contribution in [1.29, 1.82) is 0 Å². The van der Waals surface area contributed by atoms with Crippen LogP contribution < -0.4 is 5.32 Å². The second-order valence-electron chi connectivity index (χ2n) is 3.14. The Morgan fingerprint density at radius 3 is 3.20 bits per heavy atom. The summed E-state index contributed by atoms with van der Waals surface area (Å²) in [6.45, 7) is 3.60. The van der Waals surface area contributed by atoms with Crippen LogP contribution in [0, 0.1) is 0 Å². The number of aromatic nitrogens is 2. The summed E-state index contributed by atoms with van der Waals surface area (Å²) >= 11 is 1.71. The lowest BCUT2D eigenvalue weighted by Gasteiger charge is -1.92. The fourth-order valence-electron chi connectivity index (χ4n) is 1.23. The number of nitrogens with one attached hydrogen (secondary N) is 1. The molecule has 0 aliphatic heterocycles. The van der Waals surface area contributed by atoms with Crippen LogP contribution in [-0.2, 0) is 13.0 Å². The molecule has 0 amide bonds. The van der Waals surface area contributed by atoms with E-state index in [4.69, 9.17) is 4.52 Å². The summed E-state index contributed by atoms with van der Waals surface area (Å²) in [5, 5.41) is 9.12. The standard InChI is InChI=1S/C10H13N3OS/c1-2-11-7-10-12-9(13-14-10)6-8-4-3-5-15-8/h3-5,11H,2,6-7H2,1H3. The largest absolute Gasteiger partial charge is 0.338 e. The smallest absolute Gasteiger partial charge is 0.240 e. The third kappa shape index (κ3) is 2.87. The predicted octanol–water partition coefficient (Wildman–Crippen LogP) is 1.83. The number of hydrogen-bond donors (Lipinski definition) is 1. The van der Waals surface area contributed by atoms with Gasteiger partial charge >= 0.3 is 0 Å². The van der Waals surface area contributed by atoms with Crippen LogP contribution in [-0.4, -0.2) is 16.7 Å².